The molecule has 0 radical (unpaired) electrons. The van der Waals surface area contributed by atoms with Gasteiger partial charge in [-0.15, -0.1) is 0 Å². The highest BCUT2D eigenvalue weighted by atomic mass is 35.5. The van der Waals surface area contributed by atoms with Crippen LogP contribution < -0.4 is 5.32 Å². The van der Waals surface area contributed by atoms with Crippen molar-refractivity contribution in [2.24, 2.45) is 0 Å². The molecular weight excluding hydrogens is 338 g/mol. The molecule has 0 aliphatic rings. The number of benzene rings is 2. The van der Waals surface area contributed by atoms with Crippen molar-refractivity contribution >= 4 is 34.8 Å². The highest BCUT2D eigenvalue weighted by molar-refractivity contribution is 6.42. The van der Waals surface area contributed by atoms with E-state index in [2.05, 4.69) is 5.32 Å². The van der Waals surface area contributed by atoms with Crippen LogP contribution in [0.4, 0.5) is 10.1 Å². The van der Waals surface area contributed by atoms with Crippen LogP contribution in [0, 0.1) is 12.7 Å². The molecule has 0 fully saturated rings. The maximum Gasteiger partial charge on any atom is 0.238 e. The van der Waals surface area contributed by atoms with E-state index in [9.17, 15) is 9.18 Å². The van der Waals surface area contributed by atoms with Crippen molar-refractivity contribution in [3.8, 4) is 0 Å². The molecule has 0 unspecified atom stereocenters. The van der Waals surface area contributed by atoms with Crippen molar-refractivity contribution in [3.63, 3.8) is 0 Å². The Balaban J connectivity index is 1.92. The number of nitrogens with one attached hydrogen (secondary N) is 1. The van der Waals surface area contributed by atoms with Gasteiger partial charge in [-0.25, -0.2) is 4.39 Å². The molecule has 0 aliphatic heterocycles. The molecule has 1 N–H and O–H groups in total. The smallest absolute Gasteiger partial charge is 0.238 e. The van der Waals surface area contributed by atoms with E-state index in [0.29, 0.717) is 16.6 Å². The second-order valence-electron chi connectivity index (χ2n) is 5.45. The Morgan fingerprint density at radius 2 is 1.91 bits per heavy atom. The minimum Gasteiger partial charge on any atom is -0.322 e. The number of carbonyl (C=O) groups excluding carboxylic acids is 1. The Morgan fingerprint density at radius 1 is 1.17 bits per heavy atom. The molecule has 23 heavy (non-hydrogen) atoms. The molecule has 6 heteroatoms. The molecule has 2 rings (SSSR count). The van der Waals surface area contributed by atoms with Gasteiger partial charge in [0.05, 0.1) is 22.3 Å². The number of anilines is 1. The number of halogens is 3. The first-order chi connectivity index (χ1) is 10.8. The maximum atomic E-state index is 13.7. The van der Waals surface area contributed by atoms with E-state index in [-0.39, 0.29) is 18.1 Å². The predicted molar refractivity (Wildman–Crippen MR) is 92.6 cm³/mol. The molecule has 2 aromatic carbocycles. The van der Waals surface area contributed by atoms with E-state index in [1.807, 2.05) is 6.07 Å². The van der Waals surface area contributed by atoms with Crippen LogP contribution in [0.15, 0.2) is 36.4 Å². The van der Waals surface area contributed by atoms with Crippen LogP contribution in [0.1, 0.15) is 11.1 Å². The molecule has 0 heterocycles. The topological polar surface area (TPSA) is 32.3 Å². The molecule has 3 nitrogen and oxygen atoms in total. The zero-order valence-electron chi connectivity index (χ0n) is 12.9. The third-order valence-corrected chi connectivity index (χ3v) is 3.99. The molecule has 0 aromatic heterocycles. The van der Waals surface area contributed by atoms with Crippen molar-refractivity contribution in [1.29, 1.82) is 0 Å². The molecule has 0 atom stereocenters. The predicted octanol–water partition coefficient (Wildman–Crippen LogP) is 4.51. The van der Waals surface area contributed by atoms with Gasteiger partial charge in [0.15, 0.2) is 0 Å². The zero-order chi connectivity index (χ0) is 17.0. The minimum atomic E-state index is -0.439. The molecule has 0 saturated carbocycles. The van der Waals surface area contributed by atoms with Crippen LogP contribution in [0.5, 0.6) is 0 Å². The van der Waals surface area contributed by atoms with E-state index in [1.165, 1.54) is 6.07 Å². The highest BCUT2D eigenvalue weighted by Gasteiger charge is 2.11. The lowest BCUT2D eigenvalue weighted by Gasteiger charge is -2.17. The number of hydrogen-bond donors (Lipinski definition) is 1. The van der Waals surface area contributed by atoms with Gasteiger partial charge < -0.3 is 5.32 Å². The number of aryl methyl sites for hydroxylation is 1. The van der Waals surface area contributed by atoms with Crippen LogP contribution in [-0.2, 0) is 11.3 Å². The standard InChI is InChI=1S/C17H17Cl2FN2O/c1-11-3-6-16(15(20)7-11)21-17(23)10-22(2)9-12-4-5-13(18)14(19)8-12/h3-8H,9-10H2,1-2H3,(H,21,23). The summed E-state index contributed by atoms with van der Waals surface area (Å²) in [6.07, 6.45) is 0. The lowest BCUT2D eigenvalue weighted by molar-refractivity contribution is -0.117. The largest absolute Gasteiger partial charge is 0.322 e. The molecule has 0 bridgehead atoms. The minimum absolute atomic E-state index is 0.133. The molecule has 122 valence electrons. The van der Waals surface area contributed by atoms with E-state index in [0.717, 1.165) is 11.1 Å². The number of nitrogens with zero attached hydrogens (tertiary/aromatic N) is 1. The van der Waals surface area contributed by atoms with Gasteiger partial charge in [-0.3, -0.25) is 9.69 Å². The Bertz CT molecular complexity index is 722. The quantitative estimate of drug-likeness (QED) is 0.856. The zero-order valence-corrected chi connectivity index (χ0v) is 14.4. The van der Waals surface area contributed by atoms with Crippen LogP contribution in [0.25, 0.3) is 0 Å². The van der Waals surface area contributed by atoms with Gasteiger partial charge in [0.1, 0.15) is 5.82 Å². The third-order valence-electron chi connectivity index (χ3n) is 3.25. The fourth-order valence-electron chi connectivity index (χ4n) is 2.16. The number of likely N-dealkylation sites (N-methyl/N-ethyl adjacent to an activating group) is 1. The highest BCUT2D eigenvalue weighted by Crippen LogP contribution is 2.23. The number of amides is 1. The average molecular weight is 355 g/mol. The number of carbonyl (C=O) groups is 1. The summed E-state index contributed by atoms with van der Waals surface area (Å²) in [7, 11) is 1.80. The summed E-state index contributed by atoms with van der Waals surface area (Å²) in [6.45, 7) is 2.45. The maximum absolute atomic E-state index is 13.7. The second-order valence-corrected chi connectivity index (χ2v) is 6.27. The van der Waals surface area contributed by atoms with Crippen molar-refractivity contribution in [1.82, 2.24) is 4.90 Å². The lowest BCUT2D eigenvalue weighted by atomic mass is 10.2. The van der Waals surface area contributed by atoms with Gasteiger partial charge in [0, 0.05) is 6.54 Å². The van der Waals surface area contributed by atoms with Crippen LogP contribution in [-0.4, -0.2) is 24.4 Å². The number of hydrogen-bond acceptors (Lipinski definition) is 2. The van der Waals surface area contributed by atoms with Gasteiger partial charge >= 0.3 is 0 Å². The van der Waals surface area contributed by atoms with Crippen LogP contribution in [0.3, 0.4) is 0 Å². The monoisotopic (exact) mass is 354 g/mol. The average Bonchev–Trinajstić information content (AvgIpc) is 2.46. The second kappa shape index (κ2) is 7.77. The first-order valence-corrected chi connectivity index (χ1v) is 7.79. The Labute approximate surface area is 145 Å². The van der Waals surface area contributed by atoms with Gasteiger partial charge in [-0.2, -0.15) is 0 Å². The van der Waals surface area contributed by atoms with Crippen LogP contribution in [0.2, 0.25) is 10.0 Å². The summed E-state index contributed by atoms with van der Waals surface area (Å²) in [5.41, 5.74) is 1.93. The molecule has 1 amide bonds. The van der Waals surface area contributed by atoms with Crippen LogP contribution >= 0.6 is 23.2 Å². The fourth-order valence-corrected chi connectivity index (χ4v) is 2.48. The van der Waals surface area contributed by atoms with E-state index in [4.69, 9.17) is 23.2 Å². The van der Waals surface area contributed by atoms with Gasteiger partial charge in [-0.1, -0.05) is 35.3 Å². The van der Waals surface area contributed by atoms with Crippen molar-refractivity contribution in [2.45, 2.75) is 13.5 Å². The van der Waals surface area contributed by atoms with Crippen molar-refractivity contribution in [3.05, 3.63) is 63.4 Å². The SMILES string of the molecule is Cc1ccc(NC(=O)CN(C)Cc2ccc(Cl)c(Cl)c2)c(F)c1. The Morgan fingerprint density at radius 3 is 2.57 bits per heavy atom. The summed E-state index contributed by atoms with van der Waals surface area (Å²) < 4.78 is 13.7. The third kappa shape index (κ3) is 5.20. The molecular formula is C17H17Cl2FN2O. The summed E-state index contributed by atoms with van der Waals surface area (Å²) in [4.78, 5) is 13.8. The normalized spacial score (nSPS) is 10.9. The van der Waals surface area contributed by atoms with E-state index in [1.54, 1.807) is 43.1 Å². The van der Waals surface area contributed by atoms with Gasteiger partial charge in [0.2, 0.25) is 5.91 Å². The molecule has 0 aliphatic carbocycles. The first-order valence-electron chi connectivity index (χ1n) is 7.03. The fraction of sp³-hybridized carbons (Fsp3) is 0.235. The Hall–Kier alpha value is -1.62. The number of rotatable bonds is 5. The van der Waals surface area contributed by atoms with E-state index < -0.39 is 5.82 Å². The van der Waals surface area contributed by atoms with E-state index >= 15 is 0 Å². The molecule has 0 spiro atoms. The summed E-state index contributed by atoms with van der Waals surface area (Å²) >= 11 is 11.8. The Kier molecular flexibility index (Phi) is 5.99. The molecule has 2 aromatic rings. The van der Waals surface area contributed by atoms with Crippen molar-refractivity contribution in [2.75, 3.05) is 18.9 Å². The van der Waals surface area contributed by atoms with Gasteiger partial charge in [-0.05, 0) is 49.4 Å². The summed E-state index contributed by atoms with van der Waals surface area (Å²) in [6, 6.07) is 10.0. The van der Waals surface area contributed by atoms with Gasteiger partial charge in [0.25, 0.3) is 0 Å². The summed E-state index contributed by atoms with van der Waals surface area (Å²) in [5.74, 6) is -0.721. The first kappa shape index (κ1) is 17.7. The summed E-state index contributed by atoms with van der Waals surface area (Å²) in [5, 5.41) is 3.54. The van der Waals surface area contributed by atoms with Crippen molar-refractivity contribution < 1.29 is 9.18 Å². The molecule has 0 saturated heterocycles. The lowest BCUT2D eigenvalue weighted by Crippen LogP contribution is -2.30.